The Morgan fingerprint density at radius 1 is 1.33 bits per heavy atom. The first-order chi connectivity index (χ1) is 8.61. The number of primary amides is 1. The van der Waals surface area contributed by atoms with Crippen LogP contribution in [0.15, 0.2) is 36.4 Å². The number of rotatable bonds is 2. The third-order valence-corrected chi connectivity index (χ3v) is 2.66. The zero-order valence-corrected chi connectivity index (χ0v) is 9.90. The van der Waals surface area contributed by atoms with Gasteiger partial charge in [0.05, 0.1) is 17.2 Å². The molecule has 0 aliphatic rings. The van der Waals surface area contributed by atoms with Gasteiger partial charge in [-0.15, -0.1) is 0 Å². The Labute approximate surface area is 105 Å². The minimum atomic E-state index is -0.505. The van der Waals surface area contributed by atoms with Gasteiger partial charge in [0.25, 0.3) is 0 Å². The molecule has 3 heteroatoms. The molecule has 0 fully saturated rings. The van der Waals surface area contributed by atoms with Gasteiger partial charge in [-0.2, -0.15) is 5.26 Å². The summed E-state index contributed by atoms with van der Waals surface area (Å²) in [5.41, 5.74) is 8.87. The molecule has 0 atom stereocenters. The predicted octanol–water partition coefficient (Wildman–Crippen LogP) is 2.43. The molecule has 0 saturated carbocycles. The van der Waals surface area contributed by atoms with Crippen LogP contribution in [0.4, 0.5) is 0 Å². The van der Waals surface area contributed by atoms with Crippen LogP contribution in [0.1, 0.15) is 21.5 Å². The first-order valence-electron chi connectivity index (χ1n) is 5.44. The standard InChI is InChI=1S/C15H11N2O/c1-10-2-7-13(15(17)18)14(8-10)12-5-3-11(9-16)4-6-12/h2-6,8H,1H3,(H2,17,18). The fourth-order valence-corrected chi connectivity index (χ4v) is 1.76. The van der Waals surface area contributed by atoms with Gasteiger partial charge in [0.2, 0.25) is 5.91 Å². The molecule has 2 aromatic carbocycles. The molecule has 2 aromatic rings. The topological polar surface area (TPSA) is 66.9 Å². The van der Waals surface area contributed by atoms with Gasteiger partial charge < -0.3 is 5.73 Å². The second kappa shape index (κ2) is 4.72. The van der Waals surface area contributed by atoms with Crippen molar-refractivity contribution < 1.29 is 4.79 Å². The average Bonchev–Trinajstić information content (AvgIpc) is 2.38. The zero-order valence-electron chi connectivity index (χ0n) is 9.90. The number of benzene rings is 2. The molecule has 1 radical (unpaired) electrons. The molecule has 0 unspecified atom stereocenters. The first kappa shape index (κ1) is 11.9. The average molecular weight is 235 g/mol. The molecule has 2 N–H and O–H groups in total. The molecule has 0 spiro atoms. The molecule has 87 valence electrons. The maximum absolute atomic E-state index is 11.4. The summed E-state index contributed by atoms with van der Waals surface area (Å²) in [6.07, 6.45) is 0. The van der Waals surface area contributed by atoms with Crippen molar-refractivity contribution in [2.75, 3.05) is 0 Å². The van der Waals surface area contributed by atoms with Crippen LogP contribution >= 0.6 is 0 Å². The van der Waals surface area contributed by atoms with Crippen molar-refractivity contribution in [2.45, 2.75) is 6.92 Å². The van der Waals surface area contributed by atoms with Crippen LogP contribution in [0, 0.1) is 24.3 Å². The van der Waals surface area contributed by atoms with E-state index in [4.69, 9.17) is 11.0 Å². The Kier molecular flexibility index (Phi) is 3.11. The van der Waals surface area contributed by atoms with E-state index in [-0.39, 0.29) is 0 Å². The number of aryl methyl sites for hydroxylation is 1. The Hall–Kier alpha value is -2.60. The smallest absolute Gasteiger partial charge is 0.249 e. The van der Waals surface area contributed by atoms with Crippen LogP contribution in [0.2, 0.25) is 0 Å². The van der Waals surface area contributed by atoms with E-state index in [1.807, 2.05) is 13.0 Å². The number of carbonyl (C=O) groups is 1. The second-order valence-corrected chi connectivity index (χ2v) is 4.02. The lowest BCUT2D eigenvalue weighted by molar-refractivity contribution is 0.100. The second-order valence-electron chi connectivity index (χ2n) is 4.02. The number of nitrogens with zero attached hydrogens (tertiary/aromatic N) is 1. The lowest BCUT2D eigenvalue weighted by atomic mass is 9.96. The van der Waals surface area contributed by atoms with Crippen molar-refractivity contribution in [3.05, 3.63) is 59.2 Å². The van der Waals surface area contributed by atoms with E-state index in [9.17, 15) is 4.79 Å². The highest BCUT2D eigenvalue weighted by atomic mass is 16.1. The van der Waals surface area contributed by atoms with E-state index in [0.29, 0.717) is 11.1 Å². The molecular formula is C15H11N2O. The van der Waals surface area contributed by atoms with Crippen molar-refractivity contribution in [2.24, 2.45) is 5.73 Å². The molecule has 2 rings (SSSR count). The maximum Gasteiger partial charge on any atom is 0.249 e. The summed E-state index contributed by atoms with van der Waals surface area (Å²) in [6.45, 7) is 1.93. The van der Waals surface area contributed by atoms with Crippen molar-refractivity contribution >= 4 is 5.91 Å². The Bertz CT molecular complexity index is 637. The minimum Gasteiger partial charge on any atom is -0.366 e. The normalized spacial score (nSPS) is 9.78. The summed E-state index contributed by atoms with van der Waals surface area (Å²) < 4.78 is 0. The van der Waals surface area contributed by atoms with E-state index < -0.39 is 5.91 Å². The van der Waals surface area contributed by atoms with Crippen LogP contribution in [0.25, 0.3) is 11.1 Å². The molecule has 0 aliphatic heterocycles. The third kappa shape index (κ3) is 2.23. The van der Waals surface area contributed by atoms with Crippen LogP contribution in [0.5, 0.6) is 0 Å². The Balaban J connectivity index is 2.58. The molecule has 0 aliphatic carbocycles. The highest BCUT2D eigenvalue weighted by Gasteiger charge is 2.10. The summed E-state index contributed by atoms with van der Waals surface area (Å²) >= 11 is 0. The molecule has 18 heavy (non-hydrogen) atoms. The number of nitriles is 1. The largest absolute Gasteiger partial charge is 0.366 e. The van der Waals surface area contributed by atoms with Gasteiger partial charge in [0.15, 0.2) is 0 Å². The van der Waals surface area contributed by atoms with Crippen molar-refractivity contribution in [1.82, 2.24) is 0 Å². The Morgan fingerprint density at radius 3 is 2.56 bits per heavy atom. The highest BCUT2D eigenvalue weighted by molar-refractivity contribution is 5.99. The van der Waals surface area contributed by atoms with Gasteiger partial charge in [0.1, 0.15) is 0 Å². The lowest BCUT2D eigenvalue weighted by Gasteiger charge is -2.08. The van der Waals surface area contributed by atoms with Gasteiger partial charge in [-0.05, 0) is 41.8 Å². The molecule has 0 heterocycles. The van der Waals surface area contributed by atoms with Crippen LogP contribution in [-0.2, 0) is 0 Å². The zero-order chi connectivity index (χ0) is 13.1. The van der Waals surface area contributed by atoms with Crippen LogP contribution < -0.4 is 5.73 Å². The predicted molar refractivity (Wildman–Crippen MR) is 68.7 cm³/mol. The quantitative estimate of drug-likeness (QED) is 0.868. The molecule has 0 saturated heterocycles. The first-order valence-corrected chi connectivity index (χ1v) is 5.44. The van der Waals surface area contributed by atoms with E-state index in [1.165, 1.54) is 0 Å². The van der Waals surface area contributed by atoms with E-state index in [2.05, 4.69) is 12.1 Å². The number of hydrogen-bond acceptors (Lipinski definition) is 2. The van der Waals surface area contributed by atoms with Crippen molar-refractivity contribution in [1.29, 1.82) is 5.26 Å². The fraction of sp³-hybridized carbons (Fsp3) is 0.0667. The van der Waals surface area contributed by atoms with Crippen molar-refractivity contribution in [3.63, 3.8) is 0 Å². The molecular weight excluding hydrogens is 224 g/mol. The number of hydrogen-bond donors (Lipinski definition) is 1. The van der Waals surface area contributed by atoms with Crippen molar-refractivity contribution in [3.8, 4) is 17.2 Å². The summed E-state index contributed by atoms with van der Waals surface area (Å²) in [4.78, 5) is 11.4. The summed E-state index contributed by atoms with van der Waals surface area (Å²) in [6, 6.07) is 15.6. The van der Waals surface area contributed by atoms with Gasteiger partial charge >= 0.3 is 0 Å². The van der Waals surface area contributed by atoms with Gasteiger partial charge in [0, 0.05) is 0 Å². The van der Waals surface area contributed by atoms with Crippen LogP contribution in [0.3, 0.4) is 0 Å². The summed E-state index contributed by atoms with van der Waals surface area (Å²) in [7, 11) is 0. The third-order valence-electron chi connectivity index (χ3n) is 2.66. The fourth-order valence-electron chi connectivity index (χ4n) is 1.76. The summed E-state index contributed by atoms with van der Waals surface area (Å²) in [5.74, 6) is -0.505. The summed E-state index contributed by atoms with van der Waals surface area (Å²) in [5, 5.41) is 8.76. The van der Waals surface area contributed by atoms with E-state index in [1.54, 1.807) is 30.3 Å². The number of amides is 1. The molecule has 3 nitrogen and oxygen atoms in total. The van der Waals surface area contributed by atoms with Crippen LogP contribution in [-0.4, -0.2) is 5.91 Å². The number of carbonyl (C=O) groups excluding carboxylic acids is 1. The SMILES string of the molecule is Cc1c[c]c(C(N)=O)c(-c2ccc(C#N)cc2)c1. The van der Waals surface area contributed by atoms with Gasteiger partial charge in [-0.3, -0.25) is 4.79 Å². The minimum absolute atomic E-state index is 0.366. The molecule has 1 amide bonds. The van der Waals surface area contributed by atoms with E-state index >= 15 is 0 Å². The van der Waals surface area contributed by atoms with Gasteiger partial charge in [-0.25, -0.2) is 0 Å². The monoisotopic (exact) mass is 235 g/mol. The molecule has 0 bridgehead atoms. The van der Waals surface area contributed by atoms with E-state index in [0.717, 1.165) is 16.7 Å². The van der Waals surface area contributed by atoms with Gasteiger partial charge in [-0.1, -0.05) is 24.3 Å². The Morgan fingerprint density at radius 2 is 2.00 bits per heavy atom. The number of nitrogens with two attached hydrogens (primary N) is 1. The maximum atomic E-state index is 11.4. The molecule has 0 aromatic heterocycles. The highest BCUT2D eigenvalue weighted by Crippen LogP contribution is 2.24. The lowest BCUT2D eigenvalue weighted by Crippen LogP contribution is -2.12.